The predicted molar refractivity (Wildman–Crippen MR) is 200 cm³/mol. The summed E-state index contributed by atoms with van der Waals surface area (Å²) in [6, 6.07) is 18.9. The first kappa shape index (κ1) is 45.0. The van der Waals surface area contributed by atoms with Crippen molar-refractivity contribution in [2.75, 3.05) is 13.6 Å². The van der Waals surface area contributed by atoms with Gasteiger partial charge in [-0.2, -0.15) is 8.78 Å². The number of hydrogen-bond acceptors (Lipinski definition) is 9. The van der Waals surface area contributed by atoms with Gasteiger partial charge in [-0.3, -0.25) is 27.8 Å². The molecule has 0 bridgehead atoms. The third-order valence-corrected chi connectivity index (χ3v) is 9.80. The van der Waals surface area contributed by atoms with Crippen LogP contribution in [0.25, 0.3) is 11.3 Å². The summed E-state index contributed by atoms with van der Waals surface area (Å²) in [6.45, 7) is 7.96. The van der Waals surface area contributed by atoms with E-state index in [-0.39, 0.29) is 52.7 Å². The standard InChI is InChI=1S/C37H40BrF2N2O10P.Na/c1-35(2,3)32(44)50-22-49-31(43)27-15-13-26(14-16-27)30-21-41(19-24-10-8-7-9-11-24)34(46)42(30)20-25-12-17-28(29(38)18-25)37(39,40)53(47,48)52-23-51-33(45)36(4,5)6;/h7-18,21H,19-20,22-23H2,1-6H3,(H,47,48);. The van der Waals surface area contributed by atoms with Crippen molar-refractivity contribution < 1.29 is 51.4 Å². The summed E-state index contributed by atoms with van der Waals surface area (Å²) in [6.07, 6.45) is 1.64. The summed E-state index contributed by atoms with van der Waals surface area (Å²) in [5, 5.41) is 0. The first-order valence-corrected chi connectivity index (χ1v) is 18.6. The molecule has 285 valence electrons. The van der Waals surface area contributed by atoms with Gasteiger partial charge >= 0.3 is 36.9 Å². The largest absolute Gasteiger partial charge is 0.438 e. The Labute approximate surface area is 341 Å². The molecule has 1 atom stereocenters. The van der Waals surface area contributed by atoms with Crippen molar-refractivity contribution in [3.63, 3.8) is 0 Å². The number of carbonyl (C=O) groups excluding carboxylic acids is 3. The van der Waals surface area contributed by atoms with Gasteiger partial charge in [0.25, 0.3) is 0 Å². The van der Waals surface area contributed by atoms with Crippen molar-refractivity contribution in [2.24, 2.45) is 10.8 Å². The molecule has 4 rings (SSSR count). The first-order chi connectivity index (χ1) is 24.6. The van der Waals surface area contributed by atoms with Gasteiger partial charge in [-0.05, 0) is 76.4 Å². The van der Waals surface area contributed by atoms with Gasteiger partial charge in [-0.25, -0.2) is 9.59 Å². The Kier molecular flexibility index (Phi) is 15.0. The number of carbonyl (C=O) groups is 3. The molecule has 1 heterocycles. The Morgan fingerprint density at radius 3 is 1.93 bits per heavy atom. The van der Waals surface area contributed by atoms with Gasteiger partial charge in [0, 0.05) is 45.8 Å². The maximum Gasteiger partial charge on any atom is 0.404 e. The Morgan fingerprint density at radius 1 is 0.796 bits per heavy atom. The normalized spacial score (nSPS) is 13.0. The molecule has 0 aliphatic carbocycles. The van der Waals surface area contributed by atoms with Crippen molar-refractivity contribution in [1.82, 2.24) is 9.13 Å². The number of esters is 3. The SMILES string of the molecule is CC(C)(C)C(=O)OCOC(=O)c1ccc(-c2cn(Cc3ccccc3)c(=O)n2Cc2ccc(C(F)(F)P(=O)(O)OCOC(=O)C(C)(C)C)c(Br)c2)cc1.[Na]. The maximum atomic E-state index is 15.4. The predicted octanol–water partition coefficient (Wildman–Crippen LogP) is 7.30. The molecule has 0 saturated carbocycles. The molecule has 0 aliphatic rings. The van der Waals surface area contributed by atoms with E-state index in [1.165, 1.54) is 54.2 Å². The van der Waals surface area contributed by atoms with Crippen molar-refractivity contribution in [1.29, 1.82) is 0 Å². The number of alkyl halides is 2. The number of benzene rings is 3. The average molecular weight is 845 g/mol. The number of imidazole rings is 1. The monoisotopic (exact) mass is 843 g/mol. The molecule has 1 N–H and O–H groups in total. The zero-order chi connectivity index (χ0) is 39.4. The summed E-state index contributed by atoms with van der Waals surface area (Å²) in [4.78, 5) is 60.5. The van der Waals surface area contributed by atoms with E-state index in [9.17, 15) is 28.6 Å². The van der Waals surface area contributed by atoms with Crippen LogP contribution in [0.1, 0.15) is 68.6 Å². The minimum absolute atomic E-state index is 0. The van der Waals surface area contributed by atoms with E-state index in [0.717, 1.165) is 11.6 Å². The van der Waals surface area contributed by atoms with Crippen LogP contribution in [0.3, 0.4) is 0 Å². The second kappa shape index (κ2) is 18.0. The molecule has 1 radical (unpaired) electrons. The summed E-state index contributed by atoms with van der Waals surface area (Å²) < 4.78 is 65.4. The van der Waals surface area contributed by atoms with E-state index in [0.29, 0.717) is 16.8 Å². The van der Waals surface area contributed by atoms with Crippen LogP contribution in [0.5, 0.6) is 0 Å². The number of nitrogens with zero attached hydrogens (tertiary/aromatic N) is 2. The van der Waals surface area contributed by atoms with Crippen molar-refractivity contribution in [3.05, 3.63) is 116 Å². The van der Waals surface area contributed by atoms with Crippen molar-refractivity contribution in [3.8, 4) is 11.3 Å². The smallest absolute Gasteiger partial charge is 0.404 e. The zero-order valence-electron chi connectivity index (χ0n) is 30.9. The quantitative estimate of drug-likeness (QED) is 0.0629. The number of rotatable bonds is 13. The molecule has 1 unspecified atom stereocenters. The molecule has 0 amide bonds. The van der Waals surface area contributed by atoms with Gasteiger partial charge in [0.2, 0.25) is 13.6 Å². The van der Waals surface area contributed by atoms with Gasteiger partial charge in [-0.15, -0.1) is 0 Å². The topological polar surface area (TPSA) is 152 Å². The molecule has 17 heteroatoms. The van der Waals surface area contributed by atoms with Gasteiger partial charge < -0.3 is 19.1 Å². The van der Waals surface area contributed by atoms with E-state index >= 15 is 8.78 Å². The molecule has 0 aliphatic heterocycles. The van der Waals surface area contributed by atoms with E-state index in [4.69, 9.17) is 14.2 Å². The number of halogens is 3. The maximum absolute atomic E-state index is 15.4. The fraction of sp³-hybridized carbons (Fsp3) is 0.351. The molecule has 3 aromatic carbocycles. The first-order valence-electron chi connectivity index (χ1n) is 16.2. The minimum Gasteiger partial charge on any atom is -0.438 e. The van der Waals surface area contributed by atoms with Gasteiger partial charge in [0.05, 0.1) is 35.2 Å². The second-order valence-electron chi connectivity index (χ2n) is 14.1. The fourth-order valence-corrected chi connectivity index (χ4v) is 6.39. The van der Waals surface area contributed by atoms with Crippen LogP contribution < -0.4 is 5.69 Å². The van der Waals surface area contributed by atoms with Crippen LogP contribution in [0.2, 0.25) is 0 Å². The summed E-state index contributed by atoms with van der Waals surface area (Å²) in [5.74, 6) is -2.08. The summed E-state index contributed by atoms with van der Waals surface area (Å²) >= 11 is 3.08. The summed E-state index contributed by atoms with van der Waals surface area (Å²) in [7, 11) is -5.70. The van der Waals surface area contributed by atoms with Crippen LogP contribution in [0.4, 0.5) is 8.78 Å². The van der Waals surface area contributed by atoms with Crippen molar-refractivity contribution >= 4 is 71.0 Å². The Balaban J connectivity index is 0.00000784. The summed E-state index contributed by atoms with van der Waals surface area (Å²) in [5.41, 5.74) is -5.07. The molecule has 0 fully saturated rings. The van der Waals surface area contributed by atoms with E-state index < -0.39 is 66.8 Å². The van der Waals surface area contributed by atoms with Gasteiger partial charge in [0.15, 0.2) is 0 Å². The molecule has 0 spiro atoms. The molecule has 0 saturated heterocycles. The Hall–Kier alpha value is -3.43. The fourth-order valence-electron chi connectivity index (χ4n) is 4.71. The zero-order valence-corrected chi connectivity index (χ0v) is 35.4. The molecule has 1 aromatic heterocycles. The second-order valence-corrected chi connectivity index (χ2v) is 16.8. The van der Waals surface area contributed by atoms with Crippen molar-refractivity contribution in [2.45, 2.75) is 60.3 Å². The van der Waals surface area contributed by atoms with Gasteiger partial charge in [-0.1, -0.05) is 70.5 Å². The molecule has 12 nitrogen and oxygen atoms in total. The van der Waals surface area contributed by atoms with E-state index in [2.05, 4.69) is 20.5 Å². The van der Waals surface area contributed by atoms with Crippen LogP contribution in [-0.2, 0) is 51.6 Å². The molecule has 54 heavy (non-hydrogen) atoms. The van der Waals surface area contributed by atoms with Crippen LogP contribution >= 0.6 is 23.5 Å². The molecular weight excluding hydrogens is 804 g/mol. The van der Waals surface area contributed by atoms with E-state index in [1.807, 2.05) is 30.3 Å². The molecule has 4 aromatic rings. The van der Waals surface area contributed by atoms with Crippen LogP contribution in [0, 0.1) is 10.8 Å². The van der Waals surface area contributed by atoms with E-state index in [1.54, 1.807) is 39.1 Å². The minimum atomic E-state index is -5.70. The van der Waals surface area contributed by atoms with Crippen LogP contribution in [-0.4, -0.2) is 75.1 Å². The Morgan fingerprint density at radius 2 is 1.37 bits per heavy atom. The third kappa shape index (κ3) is 11.1. The Bertz CT molecular complexity index is 2080. The average Bonchev–Trinajstić information content (AvgIpc) is 3.37. The number of aromatic nitrogens is 2. The number of ether oxygens (including phenoxy) is 3. The van der Waals surface area contributed by atoms with Gasteiger partial charge in [0.1, 0.15) is 0 Å². The third-order valence-electron chi connectivity index (χ3n) is 7.73. The van der Waals surface area contributed by atoms with Crippen LogP contribution in [0.15, 0.2) is 88.3 Å². The number of hydrogen-bond donors (Lipinski definition) is 1. The molecular formula is C37H40BrF2N2NaO10P.